The van der Waals surface area contributed by atoms with Gasteiger partial charge in [0.05, 0.1) is 12.6 Å². The zero-order valence-electron chi connectivity index (χ0n) is 10.5. The van der Waals surface area contributed by atoms with Crippen LogP contribution in [0.25, 0.3) is 0 Å². The molecule has 1 unspecified atom stereocenters. The lowest BCUT2D eigenvalue weighted by molar-refractivity contribution is 0.0875. The Hall–Kier alpha value is -1.36. The topological polar surface area (TPSA) is 59.1 Å². The fraction of sp³-hybridized carbons (Fsp3) is 0.667. The summed E-state index contributed by atoms with van der Waals surface area (Å²) in [6.07, 6.45) is 4.76. The van der Waals surface area contributed by atoms with Gasteiger partial charge in [-0.3, -0.25) is 0 Å². The van der Waals surface area contributed by atoms with Gasteiger partial charge in [-0.05, 0) is 19.3 Å². The van der Waals surface area contributed by atoms with E-state index in [0.717, 1.165) is 49.7 Å². The first kappa shape index (κ1) is 12.1. The van der Waals surface area contributed by atoms with Gasteiger partial charge in [0.25, 0.3) is 0 Å². The minimum Gasteiger partial charge on any atom is -0.379 e. The van der Waals surface area contributed by atoms with E-state index in [-0.39, 0.29) is 0 Å². The van der Waals surface area contributed by atoms with E-state index in [2.05, 4.69) is 27.5 Å². The van der Waals surface area contributed by atoms with E-state index in [9.17, 15) is 0 Å². The van der Waals surface area contributed by atoms with Crippen molar-refractivity contribution in [2.75, 3.05) is 30.9 Å². The molecule has 17 heavy (non-hydrogen) atoms. The van der Waals surface area contributed by atoms with Crippen LogP contribution in [0, 0.1) is 0 Å². The van der Waals surface area contributed by atoms with Crippen molar-refractivity contribution in [3.63, 3.8) is 0 Å². The number of hydrogen-bond donors (Lipinski definition) is 2. The summed E-state index contributed by atoms with van der Waals surface area (Å²) in [4.78, 5) is 8.56. The first-order chi connectivity index (χ1) is 8.35. The highest BCUT2D eigenvalue weighted by molar-refractivity contribution is 5.57. The lowest BCUT2D eigenvalue weighted by Crippen LogP contribution is -2.30. The molecule has 1 aliphatic rings. The van der Waals surface area contributed by atoms with Gasteiger partial charge in [-0.25, -0.2) is 9.97 Å². The highest BCUT2D eigenvalue weighted by Crippen LogP contribution is 2.22. The standard InChI is InChI=1S/C12H20N4O/c1-3-10-11(13-2)14-8-15-12(10)16-9-5-4-6-17-7-9/h8-9H,3-7H2,1-2H3,(H2,13,14,15,16). The third kappa shape index (κ3) is 2.85. The molecule has 5 heteroatoms. The van der Waals surface area contributed by atoms with Gasteiger partial charge in [-0.1, -0.05) is 6.92 Å². The Kier molecular flexibility index (Phi) is 4.14. The van der Waals surface area contributed by atoms with Crippen molar-refractivity contribution in [2.45, 2.75) is 32.2 Å². The highest BCUT2D eigenvalue weighted by atomic mass is 16.5. The average molecular weight is 236 g/mol. The van der Waals surface area contributed by atoms with Gasteiger partial charge < -0.3 is 15.4 Å². The molecule has 1 fully saturated rings. The van der Waals surface area contributed by atoms with Crippen LogP contribution < -0.4 is 10.6 Å². The van der Waals surface area contributed by atoms with Gasteiger partial charge in [0.1, 0.15) is 18.0 Å². The summed E-state index contributed by atoms with van der Waals surface area (Å²) in [5, 5.41) is 6.56. The largest absolute Gasteiger partial charge is 0.379 e. The molecule has 0 aliphatic carbocycles. The average Bonchev–Trinajstić information content (AvgIpc) is 2.39. The van der Waals surface area contributed by atoms with Crippen molar-refractivity contribution in [3.8, 4) is 0 Å². The summed E-state index contributed by atoms with van der Waals surface area (Å²) in [5.74, 6) is 1.84. The van der Waals surface area contributed by atoms with Gasteiger partial charge in [0.15, 0.2) is 0 Å². The second kappa shape index (κ2) is 5.82. The molecule has 2 rings (SSSR count). The lowest BCUT2D eigenvalue weighted by Gasteiger charge is -2.24. The Bertz CT molecular complexity index is 364. The molecule has 0 bridgehead atoms. The zero-order chi connectivity index (χ0) is 12.1. The van der Waals surface area contributed by atoms with Crippen LogP contribution in [0.15, 0.2) is 6.33 Å². The molecule has 2 N–H and O–H groups in total. The van der Waals surface area contributed by atoms with E-state index in [4.69, 9.17) is 4.74 Å². The van der Waals surface area contributed by atoms with E-state index < -0.39 is 0 Å². The Morgan fingerprint density at radius 2 is 2.24 bits per heavy atom. The van der Waals surface area contributed by atoms with Crippen LogP contribution in [-0.4, -0.2) is 36.3 Å². The summed E-state index contributed by atoms with van der Waals surface area (Å²) in [7, 11) is 1.88. The molecular formula is C12H20N4O. The minimum absolute atomic E-state index is 0.369. The predicted octanol–water partition coefficient (Wildman–Crippen LogP) is 1.67. The summed E-state index contributed by atoms with van der Waals surface area (Å²) < 4.78 is 5.46. The molecule has 0 radical (unpaired) electrons. The van der Waals surface area contributed by atoms with Crippen molar-refractivity contribution in [1.82, 2.24) is 9.97 Å². The molecule has 1 atom stereocenters. The predicted molar refractivity (Wildman–Crippen MR) is 68.4 cm³/mol. The fourth-order valence-electron chi connectivity index (χ4n) is 2.13. The highest BCUT2D eigenvalue weighted by Gasteiger charge is 2.16. The third-order valence-electron chi connectivity index (χ3n) is 3.04. The van der Waals surface area contributed by atoms with E-state index in [1.807, 2.05) is 7.05 Å². The fourth-order valence-corrected chi connectivity index (χ4v) is 2.13. The van der Waals surface area contributed by atoms with Crippen LogP contribution in [0.3, 0.4) is 0 Å². The third-order valence-corrected chi connectivity index (χ3v) is 3.04. The second-order valence-electron chi connectivity index (χ2n) is 4.21. The molecule has 1 aliphatic heterocycles. The molecule has 1 aromatic heterocycles. The number of anilines is 2. The maximum atomic E-state index is 5.46. The van der Waals surface area contributed by atoms with E-state index in [0.29, 0.717) is 6.04 Å². The molecule has 94 valence electrons. The quantitative estimate of drug-likeness (QED) is 0.832. The smallest absolute Gasteiger partial charge is 0.135 e. The van der Waals surface area contributed by atoms with Crippen LogP contribution in [0.5, 0.6) is 0 Å². The molecular weight excluding hydrogens is 216 g/mol. The van der Waals surface area contributed by atoms with Gasteiger partial charge >= 0.3 is 0 Å². The van der Waals surface area contributed by atoms with Crippen molar-refractivity contribution >= 4 is 11.6 Å². The molecule has 0 aromatic carbocycles. The molecule has 0 amide bonds. The molecule has 5 nitrogen and oxygen atoms in total. The number of ether oxygens (including phenoxy) is 1. The second-order valence-corrected chi connectivity index (χ2v) is 4.21. The molecule has 0 spiro atoms. The van der Waals surface area contributed by atoms with Crippen LogP contribution >= 0.6 is 0 Å². The maximum Gasteiger partial charge on any atom is 0.135 e. The lowest BCUT2D eigenvalue weighted by atomic mass is 10.1. The first-order valence-electron chi connectivity index (χ1n) is 6.21. The number of hydrogen-bond acceptors (Lipinski definition) is 5. The van der Waals surface area contributed by atoms with Crippen molar-refractivity contribution in [1.29, 1.82) is 0 Å². The van der Waals surface area contributed by atoms with Crippen LogP contribution in [0.2, 0.25) is 0 Å². The van der Waals surface area contributed by atoms with E-state index in [1.54, 1.807) is 6.33 Å². The number of aromatic nitrogens is 2. The number of nitrogens with zero attached hydrogens (tertiary/aromatic N) is 2. The van der Waals surface area contributed by atoms with Crippen LogP contribution in [0.1, 0.15) is 25.3 Å². The van der Waals surface area contributed by atoms with Gasteiger partial charge in [0, 0.05) is 19.2 Å². The number of nitrogens with one attached hydrogen (secondary N) is 2. The minimum atomic E-state index is 0.369. The number of rotatable bonds is 4. The van der Waals surface area contributed by atoms with E-state index >= 15 is 0 Å². The van der Waals surface area contributed by atoms with Gasteiger partial charge in [-0.15, -0.1) is 0 Å². The summed E-state index contributed by atoms with van der Waals surface area (Å²) in [6.45, 7) is 3.76. The van der Waals surface area contributed by atoms with Crippen LogP contribution in [0.4, 0.5) is 11.6 Å². The Balaban J connectivity index is 2.13. The van der Waals surface area contributed by atoms with Gasteiger partial charge in [0.2, 0.25) is 0 Å². The Morgan fingerprint density at radius 1 is 1.41 bits per heavy atom. The summed E-state index contributed by atoms with van der Waals surface area (Å²) in [6, 6.07) is 0.369. The van der Waals surface area contributed by atoms with Crippen molar-refractivity contribution in [3.05, 3.63) is 11.9 Å². The Morgan fingerprint density at radius 3 is 2.88 bits per heavy atom. The molecule has 1 aromatic rings. The Labute approximate surface area is 102 Å². The summed E-state index contributed by atoms with van der Waals surface area (Å²) in [5.41, 5.74) is 1.14. The molecule has 0 saturated carbocycles. The normalized spacial score (nSPS) is 20.0. The van der Waals surface area contributed by atoms with Crippen LogP contribution in [-0.2, 0) is 11.2 Å². The molecule has 2 heterocycles. The maximum absolute atomic E-state index is 5.46. The SMILES string of the molecule is CCc1c(NC)ncnc1NC1CCCOC1. The summed E-state index contributed by atoms with van der Waals surface area (Å²) >= 11 is 0. The van der Waals surface area contributed by atoms with Crippen molar-refractivity contribution in [2.24, 2.45) is 0 Å². The zero-order valence-corrected chi connectivity index (χ0v) is 10.5. The van der Waals surface area contributed by atoms with Gasteiger partial charge in [-0.2, -0.15) is 0 Å². The van der Waals surface area contributed by atoms with E-state index in [1.165, 1.54) is 0 Å². The monoisotopic (exact) mass is 236 g/mol. The first-order valence-corrected chi connectivity index (χ1v) is 6.21. The van der Waals surface area contributed by atoms with Crippen molar-refractivity contribution < 1.29 is 4.74 Å². The molecule has 1 saturated heterocycles.